The molecule has 0 spiro atoms. The van der Waals surface area contributed by atoms with Gasteiger partial charge in [-0.2, -0.15) is 0 Å². The van der Waals surface area contributed by atoms with Gasteiger partial charge in [-0.15, -0.1) is 0 Å². The highest BCUT2D eigenvalue weighted by molar-refractivity contribution is 5.99. The maximum atomic E-state index is 10.9. The predicted octanol–water partition coefficient (Wildman–Crippen LogP) is 1.56. The van der Waals surface area contributed by atoms with Crippen LogP contribution in [0.25, 0.3) is 5.70 Å². The van der Waals surface area contributed by atoms with Crippen LogP contribution in [0.3, 0.4) is 0 Å². The SMILES string of the molecule is CC(=O)/C(C)=C(\N)c1ccco1. The minimum Gasteiger partial charge on any atom is -0.463 e. The van der Waals surface area contributed by atoms with E-state index >= 15 is 0 Å². The average Bonchev–Trinajstić information content (AvgIpc) is 2.53. The molecule has 1 aromatic rings. The molecule has 1 heterocycles. The number of nitrogens with two attached hydrogens (primary N) is 1. The van der Waals surface area contributed by atoms with Crippen molar-refractivity contribution >= 4 is 11.5 Å². The summed E-state index contributed by atoms with van der Waals surface area (Å²) in [5.74, 6) is 0.506. The Hall–Kier alpha value is -1.51. The number of furan rings is 1. The lowest BCUT2D eigenvalue weighted by Gasteiger charge is -1.99. The zero-order chi connectivity index (χ0) is 9.14. The monoisotopic (exact) mass is 165 g/mol. The van der Waals surface area contributed by atoms with Crippen LogP contribution in [0.4, 0.5) is 0 Å². The Morgan fingerprint density at radius 3 is 2.58 bits per heavy atom. The molecule has 0 bridgehead atoms. The molecule has 1 aromatic heterocycles. The molecular formula is C9H11NO2. The van der Waals surface area contributed by atoms with Gasteiger partial charge in [0.15, 0.2) is 5.78 Å². The van der Waals surface area contributed by atoms with Gasteiger partial charge in [-0.05, 0) is 26.0 Å². The van der Waals surface area contributed by atoms with E-state index in [1.54, 1.807) is 19.1 Å². The maximum absolute atomic E-state index is 10.9. The summed E-state index contributed by atoms with van der Waals surface area (Å²) in [7, 11) is 0. The van der Waals surface area contributed by atoms with Crippen molar-refractivity contribution < 1.29 is 9.21 Å². The fraction of sp³-hybridized carbons (Fsp3) is 0.222. The van der Waals surface area contributed by atoms with Gasteiger partial charge in [0.2, 0.25) is 0 Å². The minimum absolute atomic E-state index is 0.0381. The van der Waals surface area contributed by atoms with E-state index in [0.717, 1.165) is 0 Å². The van der Waals surface area contributed by atoms with Crippen LogP contribution in [0, 0.1) is 0 Å². The first-order valence-electron chi connectivity index (χ1n) is 3.64. The summed E-state index contributed by atoms with van der Waals surface area (Å²) >= 11 is 0. The lowest BCUT2D eigenvalue weighted by molar-refractivity contribution is -0.113. The van der Waals surface area contributed by atoms with Crippen molar-refractivity contribution in [2.45, 2.75) is 13.8 Å². The average molecular weight is 165 g/mol. The lowest BCUT2D eigenvalue weighted by Crippen LogP contribution is -2.04. The van der Waals surface area contributed by atoms with Crippen molar-refractivity contribution in [3.05, 3.63) is 29.7 Å². The van der Waals surface area contributed by atoms with Gasteiger partial charge in [-0.1, -0.05) is 0 Å². The van der Waals surface area contributed by atoms with Crippen LogP contribution in [-0.4, -0.2) is 5.78 Å². The molecule has 0 aliphatic heterocycles. The Balaban J connectivity index is 3.05. The summed E-state index contributed by atoms with van der Waals surface area (Å²) in [6.07, 6.45) is 1.52. The third-order valence-electron chi connectivity index (χ3n) is 1.72. The number of carbonyl (C=O) groups excluding carboxylic acids is 1. The van der Waals surface area contributed by atoms with Crippen LogP contribution in [0.15, 0.2) is 28.4 Å². The van der Waals surface area contributed by atoms with Crippen LogP contribution >= 0.6 is 0 Å². The molecule has 0 radical (unpaired) electrons. The topological polar surface area (TPSA) is 56.2 Å². The summed E-state index contributed by atoms with van der Waals surface area (Å²) in [5, 5.41) is 0. The molecular weight excluding hydrogens is 154 g/mol. The van der Waals surface area contributed by atoms with Crippen molar-refractivity contribution in [3.8, 4) is 0 Å². The molecule has 0 saturated carbocycles. The van der Waals surface area contributed by atoms with Crippen LogP contribution in [0.5, 0.6) is 0 Å². The fourth-order valence-electron chi connectivity index (χ4n) is 0.806. The number of Topliss-reactive ketones (excluding diaryl/α,β-unsaturated/α-hetero) is 1. The van der Waals surface area contributed by atoms with Gasteiger partial charge in [0.25, 0.3) is 0 Å². The van der Waals surface area contributed by atoms with Gasteiger partial charge in [0, 0.05) is 5.57 Å². The molecule has 0 aliphatic rings. The normalized spacial score (nSPS) is 12.5. The molecule has 0 atom stereocenters. The summed E-state index contributed by atoms with van der Waals surface area (Å²) in [4.78, 5) is 10.9. The zero-order valence-corrected chi connectivity index (χ0v) is 7.13. The maximum Gasteiger partial charge on any atom is 0.157 e. The molecule has 12 heavy (non-hydrogen) atoms. The molecule has 1 rings (SSSR count). The smallest absolute Gasteiger partial charge is 0.157 e. The number of allylic oxidation sites excluding steroid dienone is 1. The highest BCUT2D eigenvalue weighted by atomic mass is 16.3. The van der Waals surface area contributed by atoms with Crippen molar-refractivity contribution in [1.29, 1.82) is 0 Å². The second-order valence-corrected chi connectivity index (χ2v) is 2.57. The van der Waals surface area contributed by atoms with Gasteiger partial charge in [0.05, 0.1) is 12.0 Å². The predicted molar refractivity (Wildman–Crippen MR) is 46.2 cm³/mol. The molecule has 3 nitrogen and oxygen atoms in total. The van der Waals surface area contributed by atoms with E-state index in [1.165, 1.54) is 13.2 Å². The zero-order valence-electron chi connectivity index (χ0n) is 7.13. The molecule has 3 heteroatoms. The van der Waals surface area contributed by atoms with Crippen LogP contribution < -0.4 is 5.73 Å². The second-order valence-electron chi connectivity index (χ2n) is 2.57. The number of hydrogen-bond acceptors (Lipinski definition) is 3. The Labute approximate surface area is 70.9 Å². The number of ketones is 1. The largest absolute Gasteiger partial charge is 0.463 e. The number of rotatable bonds is 2. The van der Waals surface area contributed by atoms with E-state index in [1.807, 2.05) is 0 Å². The van der Waals surface area contributed by atoms with Gasteiger partial charge < -0.3 is 10.2 Å². The highest BCUT2D eigenvalue weighted by Gasteiger charge is 2.06. The van der Waals surface area contributed by atoms with Crippen molar-refractivity contribution in [3.63, 3.8) is 0 Å². The first-order chi connectivity index (χ1) is 5.63. The first kappa shape index (κ1) is 8.59. The van der Waals surface area contributed by atoms with Crippen LogP contribution in [-0.2, 0) is 4.79 Å². The van der Waals surface area contributed by atoms with Crippen LogP contribution in [0.2, 0.25) is 0 Å². The van der Waals surface area contributed by atoms with E-state index < -0.39 is 0 Å². The first-order valence-corrected chi connectivity index (χ1v) is 3.64. The van der Waals surface area contributed by atoms with E-state index in [9.17, 15) is 4.79 Å². The third-order valence-corrected chi connectivity index (χ3v) is 1.72. The van der Waals surface area contributed by atoms with E-state index in [0.29, 0.717) is 17.0 Å². The molecule has 0 fully saturated rings. The minimum atomic E-state index is -0.0381. The molecule has 0 saturated heterocycles. The van der Waals surface area contributed by atoms with Crippen molar-refractivity contribution in [2.24, 2.45) is 5.73 Å². The third kappa shape index (κ3) is 1.56. The Kier molecular flexibility index (Phi) is 2.33. The lowest BCUT2D eigenvalue weighted by atomic mass is 10.1. The highest BCUT2D eigenvalue weighted by Crippen LogP contribution is 2.13. The molecule has 0 aromatic carbocycles. The quantitative estimate of drug-likeness (QED) is 0.676. The Morgan fingerprint density at radius 2 is 2.17 bits per heavy atom. The molecule has 0 unspecified atom stereocenters. The molecule has 64 valence electrons. The molecule has 0 amide bonds. The standard InChI is InChI=1S/C9H11NO2/c1-6(7(2)11)9(10)8-4-3-5-12-8/h3-5H,10H2,1-2H3/b9-6-. The molecule has 0 aliphatic carbocycles. The summed E-state index contributed by atoms with van der Waals surface area (Å²) < 4.78 is 5.03. The number of hydrogen-bond donors (Lipinski definition) is 1. The fourth-order valence-corrected chi connectivity index (χ4v) is 0.806. The van der Waals surface area contributed by atoms with E-state index in [-0.39, 0.29) is 5.78 Å². The summed E-state index contributed by atoms with van der Waals surface area (Å²) in [5.41, 5.74) is 6.59. The van der Waals surface area contributed by atoms with Crippen molar-refractivity contribution in [1.82, 2.24) is 0 Å². The van der Waals surface area contributed by atoms with E-state index in [4.69, 9.17) is 10.2 Å². The summed E-state index contributed by atoms with van der Waals surface area (Å²) in [6, 6.07) is 3.46. The molecule has 2 N–H and O–H groups in total. The summed E-state index contributed by atoms with van der Waals surface area (Å²) in [6.45, 7) is 3.16. The van der Waals surface area contributed by atoms with Gasteiger partial charge in [-0.3, -0.25) is 4.79 Å². The van der Waals surface area contributed by atoms with Gasteiger partial charge in [-0.25, -0.2) is 0 Å². The Bertz CT molecular complexity index is 309. The van der Waals surface area contributed by atoms with E-state index in [2.05, 4.69) is 0 Å². The van der Waals surface area contributed by atoms with Crippen LogP contribution in [0.1, 0.15) is 19.6 Å². The van der Waals surface area contributed by atoms with Crippen molar-refractivity contribution in [2.75, 3.05) is 0 Å². The second kappa shape index (κ2) is 3.26. The van der Waals surface area contributed by atoms with Gasteiger partial charge in [0.1, 0.15) is 5.76 Å². The van der Waals surface area contributed by atoms with Gasteiger partial charge >= 0.3 is 0 Å². The number of carbonyl (C=O) groups is 1. The Morgan fingerprint density at radius 1 is 1.50 bits per heavy atom.